The van der Waals surface area contributed by atoms with Crippen LogP contribution in [0.25, 0.3) is 0 Å². The average Bonchev–Trinajstić information content (AvgIpc) is 2.92. The Morgan fingerprint density at radius 3 is 2.58 bits per heavy atom. The second-order valence-electron chi connectivity index (χ2n) is 7.16. The summed E-state index contributed by atoms with van der Waals surface area (Å²) in [5.41, 5.74) is -0.899. The highest BCUT2D eigenvalue weighted by molar-refractivity contribution is 5.94. The van der Waals surface area contributed by atoms with E-state index in [1.165, 1.54) is 12.3 Å². The lowest BCUT2D eigenvalue weighted by Gasteiger charge is -2.31. The maximum atomic E-state index is 13.2. The molecule has 0 aromatic carbocycles. The van der Waals surface area contributed by atoms with Gasteiger partial charge in [-0.05, 0) is 39.7 Å². The number of nitrogens with one attached hydrogen (secondary N) is 2. The first-order valence-corrected chi connectivity index (χ1v) is 8.10. The molecule has 1 saturated carbocycles. The fourth-order valence-corrected chi connectivity index (χ4v) is 2.81. The van der Waals surface area contributed by atoms with Crippen LogP contribution >= 0.6 is 0 Å². The number of carbonyl (C=O) groups is 2. The largest absolute Gasteiger partial charge is 0.444 e. The summed E-state index contributed by atoms with van der Waals surface area (Å²) in [6.45, 7) is 5.65. The number of aromatic nitrogens is 1. The van der Waals surface area contributed by atoms with Gasteiger partial charge >= 0.3 is 6.09 Å². The second kappa shape index (κ2) is 7.15. The lowest BCUT2D eigenvalue weighted by molar-refractivity contribution is 0.0505. The maximum absolute atomic E-state index is 13.2. The Kier molecular flexibility index (Phi) is 5.41. The third kappa shape index (κ3) is 5.18. The molecular formula is C17H24FN3O3. The summed E-state index contributed by atoms with van der Waals surface area (Å²) in [5, 5.41) is 5.68. The molecule has 1 heterocycles. The average molecular weight is 337 g/mol. The van der Waals surface area contributed by atoms with E-state index in [0.29, 0.717) is 0 Å². The summed E-state index contributed by atoms with van der Waals surface area (Å²) in [7, 11) is 0. The molecule has 1 aliphatic carbocycles. The molecule has 1 fully saturated rings. The van der Waals surface area contributed by atoms with Gasteiger partial charge in [-0.1, -0.05) is 12.8 Å². The predicted molar refractivity (Wildman–Crippen MR) is 87.1 cm³/mol. The first-order valence-electron chi connectivity index (χ1n) is 8.10. The van der Waals surface area contributed by atoms with Crippen LogP contribution in [-0.2, 0) is 4.74 Å². The number of halogens is 1. The van der Waals surface area contributed by atoms with E-state index in [-0.39, 0.29) is 18.0 Å². The monoisotopic (exact) mass is 337 g/mol. The van der Waals surface area contributed by atoms with E-state index in [0.717, 1.165) is 31.7 Å². The van der Waals surface area contributed by atoms with E-state index >= 15 is 0 Å². The van der Waals surface area contributed by atoms with Crippen LogP contribution in [0.3, 0.4) is 0 Å². The minimum atomic E-state index is -0.699. The van der Waals surface area contributed by atoms with Crippen molar-refractivity contribution in [2.75, 3.05) is 6.54 Å². The molecule has 0 unspecified atom stereocenters. The molecule has 2 amide bonds. The van der Waals surface area contributed by atoms with Gasteiger partial charge in [-0.3, -0.25) is 4.79 Å². The molecule has 0 saturated heterocycles. The molecule has 1 aromatic rings. The first-order chi connectivity index (χ1) is 11.2. The van der Waals surface area contributed by atoms with E-state index in [1.54, 1.807) is 20.8 Å². The van der Waals surface area contributed by atoms with Crippen LogP contribution in [0.4, 0.5) is 9.18 Å². The van der Waals surface area contributed by atoms with E-state index in [9.17, 15) is 14.0 Å². The third-order valence-corrected chi connectivity index (χ3v) is 3.90. The maximum Gasteiger partial charge on any atom is 0.407 e. The van der Waals surface area contributed by atoms with Crippen LogP contribution in [0.1, 0.15) is 56.8 Å². The van der Waals surface area contributed by atoms with Crippen molar-refractivity contribution in [2.24, 2.45) is 0 Å². The van der Waals surface area contributed by atoms with Gasteiger partial charge in [0.05, 0.1) is 5.54 Å². The summed E-state index contributed by atoms with van der Waals surface area (Å²) < 4.78 is 18.4. The molecule has 0 spiro atoms. The molecule has 6 nitrogen and oxygen atoms in total. The van der Waals surface area contributed by atoms with Crippen LogP contribution in [-0.4, -0.2) is 34.7 Å². The fraction of sp³-hybridized carbons (Fsp3) is 0.588. The predicted octanol–water partition coefficient (Wildman–Crippen LogP) is 2.79. The van der Waals surface area contributed by atoms with Gasteiger partial charge in [0, 0.05) is 24.4 Å². The minimum absolute atomic E-state index is 0.214. The van der Waals surface area contributed by atoms with Gasteiger partial charge in [-0.25, -0.2) is 9.78 Å². The second-order valence-corrected chi connectivity index (χ2v) is 7.16. The summed E-state index contributed by atoms with van der Waals surface area (Å²) in [4.78, 5) is 27.7. The van der Waals surface area contributed by atoms with Gasteiger partial charge in [0.1, 0.15) is 5.60 Å². The number of nitrogens with zero attached hydrogens (tertiary/aromatic N) is 1. The van der Waals surface area contributed by atoms with Crippen LogP contribution in [0.5, 0.6) is 0 Å². The normalized spacial score (nSPS) is 16.5. The topological polar surface area (TPSA) is 80.3 Å². The SMILES string of the molecule is CC(C)(C)OC(=O)NCC1(NC(=O)c2ccnc(F)c2)CCCC1. The molecule has 0 bridgehead atoms. The van der Waals surface area contributed by atoms with Crippen LogP contribution < -0.4 is 10.6 Å². The first kappa shape index (κ1) is 18.2. The smallest absolute Gasteiger partial charge is 0.407 e. The number of hydrogen-bond donors (Lipinski definition) is 2. The van der Waals surface area contributed by atoms with Gasteiger partial charge in [-0.15, -0.1) is 0 Å². The standard InChI is InChI=1S/C17H24FN3O3/c1-16(2,3)24-15(23)20-11-17(7-4-5-8-17)21-14(22)12-6-9-19-13(18)10-12/h6,9-10H,4-5,7-8,11H2,1-3H3,(H,20,23)(H,21,22). The van der Waals surface area contributed by atoms with E-state index in [2.05, 4.69) is 15.6 Å². The molecule has 132 valence electrons. The van der Waals surface area contributed by atoms with Crippen molar-refractivity contribution in [3.8, 4) is 0 Å². The zero-order chi connectivity index (χ0) is 17.8. The Morgan fingerprint density at radius 2 is 2.00 bits per heavy atom. The summed E-state index contributed by atoms with van der Waals surface area (Å²) in [5.74, 6) is -1.07. The lowest BCUT2D eigenvalue weighted by Crippen LogP contribution is -2.54. The minimum Gasteiger partial charge on any atom is -0.444 e. The van der Waals surface area contributed by atoms with Crippen molar-refractivity contribution in [1.29, 1.82) is 0 Å². The van der Waals surface area contributed by atoms with Crippen molar-refractivity contribution in [3.05, 3.63) is 29.8 Å². The highest BCUT2D eigenvalue weighted by Crippen LogP contribution is 2.29. The van der Waals surface area contributed by atoms with Crippen molar-refractivity contribution in [3.63, 3.8) is 0 Å². The van der Waals surface area contributed by atoms with Crippen molar-refractivity contribution in [2.45, 2.75) is 57.6 Å². The van der Waals surface area contributed by atoms with Gasteiger partial charge in [0.15, 0.2) is 0 Å². The van der Waals surface area contributed by atoms with Gasteiger partial charge in [-0.2, -0.15) is 4.39 Å². The number of hydrogen-bond acceptors (Lipinski definition) is 4. The summed E-state index contributed by atoms with van der Waals surface area (Å²) in [6, 6.07) is 2.56. The zero-order valence-electron chi connectivity index (χ0n) is 14.3. The Balaban J connectivity index is 2.00. The number of pyridine rings is 1. The summed E-state index contributed by atoms with van der Waals surface area (Å²) >= 11 is 0. The van der Waals surface area contributed by atoms with Crippen LogP contribution in [0, 0.1) is 5.95 Å². The Hall–Kier alpha value is -2.18. The van der Waals surface area contributed by atoms with Crippen LogP contribution in [0.2, 0.25) is 0 Å². The molecule has 0 aliphatic heterocycles. The third-order valence-electron chi connectivity index (χ3n) is 3.90. The van der Waals surface area contributed by atoms with Gasteiger partial charge in [0.2, 0.25) is 5.95 Å². The highest BCUT2D eigenvalue weighted by Gasteiger charge is 2.36. The van der Waals surface area contributed by atoms with Crippen LogP contribution in [0.15, 0.2) is 18.3 Å². The molecule has 1 aromatic heterocycles. The molecule has 7 heteroatoms. The molecule has 1 aliphatic rings. The Morgan fingerprint density at radius 1 is 1.33 bits per heavy atom. The molecular weight excluding hydrogens is 313 g/mol. The number of rotatable bonds is 4. The summed E-state index contributed by atoms with van der Waals surface area (Å²) in [6.07, 6.45) is 4.16. The van der Waals surface area contributed by atoms with E-state index in [1.807, 2.05) is 0 Å². The fourth-order valence-electron chi connectivity index (χ4n) is 2.81. The number of ether oxygens (including phenoxy) is 1. The van der Waals surface area contributed by atoms with Crippen molar-refractivity contribution < 1.29 is 18.7 Å². The highest BCUT2D eigenvalue weighted by atomic mass is 19.1. The van der Waals surface area contributed by atoms with Gasteiger partial charge in [0.25, 0.3) is 5.91 Å². The Labute approximate surface area is 141 Å². The molecule has 2 N–H and O–H groups in total. The van der Waals surface area contributed by atoms with Crippen molar-refractivity contribution >= 4 is 12.0 Å². The molecule has 0 atom stereocenters. The van der Waals surface area contributed by atoms with E-state index < -0.39 is 23.2 Å². The zero-order valence-corrected chi connectivity index (χ0v) is 14.3. The van der Waals surface area contributed by atoms with Gasteiger partial charge < -0.3 is 15.4 Å². The number of carbonyl (C=O) groups excluding carboxylic acids is 2. The molecule has 24 heavy (non-hydrogen) atoms. The number of alkyl carbamates (subject to hydrolysis) is 1. The lowest BCUT2D eigenvalue weighted by atomic mass is 9.97. The van der Waals surface area contributed by atoms with E-state index in [4.69, 9.17) is 4.74 Å². The molecule has 2 rings (SSSR count). The molecule has 0 radical (unpaired) electrons. The van der Waals surface area contributed by atoms with Crippen molar-refractivity contribution in [1.82, 2.24) is 15.6 Å². The Bertz CT molecular complexity index is 607. The quantitative estimate of drug-likeness (QED) is 0.828. The number of amides is 2.